The predicted octanol–water partition coefficient (Wildman–Crippen LogP) is 6.37. The number of rotatable bonds is 7. The molecule has 0 radical (unpaired) electrons. The fourth-order valence-corrected chi connectivity index (χ4v) is 7.11. The molecule has 44 heavy (non-hydrogen) atoms. The zero-order valence-corrected chi connectivity index (χ0v) is 27.0. The van der Waals surface area contributed by atoms with Crippen LogP contribution in [0.1, 0.15) is 46.6 Å². The van der Waals surface area contributed by atoms with Crippen LogP contribution in [0, 0.1) is 20.8 Å². The highest BCUT2D eigenvalue weighted by atomic mass is 32.2. The second-order valence-electron chi connectivity index (χ2n) is 10.7. The second-order valence-corrected chi connectivity index (χ2v) is 12.6. The highest BCUT2D eigenvalue weighted by Crippen LogP contribution is 2.35. The smallest absolute Gasteiger partial charge is 0.338 e. The van der Waals surface area contributed by atoms with Crippen LogP contribution in [-0.2, 0) is 9.53 Å². The van der Waals surface area contributed by atoms with Gasteiger partial charge in [-0.05, 0) is 81.5 Å². The first-order valence-corrected chi connectivity index (χ1v) is 16.5. The third-order valence-electron chi connectivity index (χ3n) is 7.85. The maximum atomic E-state index is 14.3. The first kappa shape index (κ1) is 29.7. The Bertz CT molecular complexity index is 2070. The van der Waals surface area contributed by atoms with Crippen LogP contribution in [0.2, 0.25) is 0 Å². The van der Waals surface area contributed by atoms with Crippen molar-refractivity contribution in [2.24, 2.45) is 4.99 Å². The number of esters is 1. The van der Waals surface area contributed by atoms with Gasteiger partial charge in [0.15, 0.2) is 4.80 Å². The van der Waals surface area contributed by atoms with Crippen LogP contribution in [0.5, 0.6) is 0 Å². The number of thioether (sulfide) groups is 1. The average molecular weight is 620 g/mol. The molecule has 0 saturated heterocycles. The molecular weight excluding hydrogens is 587 g/mol. The largest absolute Gasteiger partial charge is 0.463 e. The quantitative estimate of drug-likeness (QED) is 0.157. The molecule has 1 aliphatic heterocycles. The number of fused-ring (bicyclic) bond motifs is 1. The summed E-state index contributed by atoms with van der Waals surface area (Å²) in [4.78, 5) is 34.6. The van der Waals surface area contributed by atoms with E-state index in [1.54, 1.807) is 23.3 Å². The molecule has 5 aromatic rings. The number of benzene rings is 3. The molecule has 0 aliphatic carbocycles. The van der Waals surface area contributed by atoms with E-state index in [-0.39, 0.29) is 12.2 Å². The first-order chi connectivity index (χ1) is 21.3. The Morgan fingerprint density at radius 1 is 1.00 bits per heavy atom. The summed E-state index contributed by atoms with van der Waals surface area (Å²) in [6, 6.07) is 27.4. The van der Waals surface area contributed by atoms with Crippen molar-refractivity contribution in [1.82, 2.24) is 9.13 Å². The number of aromatic nitrogens is 2. The van der Waals surface area contributed by atoms with E-state index in [4.69, 9.17) is 9.73 Å². The van der Waals surface area contributed by atoms with E-state index in [2.05, 4.69) is 55.7 Å². The summed E-state index contributed by atoms with van der Waals surface area (Å²) in [7, 11) is 0. The summed E-state index contributed by atoms with van der Waals surface area (Å²) < 4.78 is 9.99. The Hall–Kier alpha value is -4.40. The predicted molar refractivity (Wildman–Crippen MR) is 179 cm³/mol. The molecule has 222 valence electrons. The molecule has 0 unspecified atom stereocenters. The molecule has 0 saturated carbocycles. The number of carbonyl (C=O) groups is 1. The van der Waals surface area contributed by atoms with Crippen molar-refractivity contribution in [2.75, 3.05) is 12.9 Å². The van der Waals surface area contributed by atoms with Gasteiger partial charge in [0.05, 0.1) is 28.5 Å². The van der Waals surface area contributed by atoms with Crippen molar-refractivity contribution in [2.45, 2.75) is 38.6 Å². The number of hydrogen-bond donors (Lipinski definition) is 0. The van der Waals surface area contributed by atoms with Gasteiger partial charge in [-0.15, -0.1) is 11.8 Å². The van der Waals surface area contributed by atoms with Crippen molar-refractivity contribution < 1.29 is 9.53 Å². The lowest BCUT2D eigenvalue weighted by Crippen LogP contribution is -2.40. The van der Waals surface area contributed by atoms with Crippen molar-refractivity contribution in [3.8, 4) is 5.69 Å². The van der Waals surface area contributed by atoms with Crippen molar-refractivity contribution in [3.05, 3.63) is 144 Å². The van der Waals surface area contributed by atoms with Gasteiger partial charge in [0.1, 0.15) is 0 Å². The van der Waals surface area contributed by atoms with E-state index in [0.29, 0.717) is 20.6 Å². The van der Waals surface area contributed by atoms with E-state index in [1.807, 2.05) is 66.9 Å². The van der Waals surface area contributed by atoms with Crippen molar-refractivity contribution in [1.29, 1.82) is 0 Å². The lowest BCUT2D eigenvalue weighted by atomic mass is 9.93. The monoisotopic (exact) mass is 619 g/mol. The molecule has 0 fully saturated rings. The minimum absolute atomic E-state index is 0.193. The molecule has 3 heterocycles. The van der Waals surface area contributed by atoms with Crippen LogP contribution in [0.3, 0.4) is 0 Å². The number of thiazole rings is 1. The van der Waals surface area contributed by atoms with Gasteiger partial charge in [0.25, 0.3) is 5.56 Å². The van der Waals surface area contributed by atoms with Crippen LogP contribution in [0.25, 0.3) is 17.5 Å². The van der Waals surface area contributed by atoms with Gasteiger partial charge in [-0.1, -0.05) is 71.5 Å². The number of carbonyl (C=O) groups excluding carboxylic acids is 1. The molecule has 0 N–H and O–H groups in total. The topological polar surface area (TPSA) is 65.6 Å². The summed E-state index contributed by atoms with van der Waals surface area (Å²) in [5, 5.41) is 0. The zero-order valence-electron chi connectivity index (χ0n) is 25.3. The zero-order chi connectivity index (χ0) is 31.0. The fourth-order valence-electron chi connectivity index (χ4n) is 5.71. The third-order valence-corrected chi connectivity index (χ3v) is 9.58. The minimum atomic E-state index is -0.696. The molecule has 8 heteroatoms. The van der Waals surface area contributed by atoms with E-state index >= 15 is 0 Å². The third kappa shape index (κ3) is 5.40. The summed E-state index contributed by atoms with van der Waals surface area (Å²) in [5.41, 5.74) is 7.65. The van der Waals surface area contributed by atoms with Crippen LogP contribution < -0.4 is 14.9 Å². The van der Waals surface area contributed by atoms with Gasteiger partial charge in [-0.2, -0.15) is 0 Å². The molecule has 6 nitrogen and oxygen atoms in total. The van der Waals surface area contributed by atoms with Crippen molar-refractivity contribution in [3.63, 3.8) is 0 Å². The Balaban J connectivity index is 1.59. The van der Waals surface area contributed by atoms with Crippen LogP contribution in [-0.4, -0.2) is 28.0 Å². The Labute approximate surface area is 264 Å². The van der Waals surface area contributed by atoms with Crippen LogP contribution in [0.15, 0.2) is 105 Å². The summed E-state index contributed by atoms with van der Waals surface area (Å²) >= 11 is 2.98. The van der Waals surface area contributed by atoms with Gasteiger partial charge < -0.3 is 9.30 Å². The second kappa shape index (κ2) is 12.3. The Morgan fingerprint density at radius 3 is 2.36 bits per heavy atom. The summed E-state index contributed by atoms with van der Waals surface area (Å²) in [6.07, 6.45) is 3.96. The molecule has 0 amide bonds. The van der Waals surface area contributed by atoms with Gasteiger partial charge in [-0.25, -0.2) is 9.79 Å². The van der Waals surface area contributed by atoms with Crippen molar-refractivity contribution >= 4 is 40.8 Å². The highest BCUT2D eigenvalue weighted by Gasteiger charge is 2.35. The van der Waals surface area contributed by atoms with Gasteiger partial charge in [-0.3, -0.25) is 9.36 Å². The molecule has 3 aromatic carbocycles. The Kier molecular flexibility index (Phi) is 8.29. The normalized spacial score (nSPS) is 14.8. The summed E-state index contributed by atoms with van der Waals surface area (Å²) in [6.45, 7) is 8.21. The number of ether oxygens (including phenoxy) is 1. The standard InChI is InChI=1S/C36H33N3O3S2/c1-6-42-35(41)31-32(25-10-8-7-9-11-25)37-36-39(33(31)26-14-18-29(43-5)19-15-26)34(40)30(44-36)21-27-20-23(3)38(24(27)4)28-16-12-22(2)13-17-28/h7-21,33H,6H2,1-5H3/b30-21-/t33-/m0/s1. The molecule has 6 rings (SSSR count). The highest BCUT2D eigenvalue weighted by molar-refractivity contribution is 7.98. The number of hydrogen-bond acceptors (Lipinski definition) is 6. The fraction of sp³-hybridized carbons (Fsp3) is 0.194. The summed E-state index contributed by atoms with van der Waals surface area (Å²) in [5.74, 6) is -0.482. The molecule has 1 aliphatic rings. The maximum absolute atomic E-state index is 14.3. The molecule has 0 spiro atoms. The number of aryl methyl sites for hydroxylation is 2. The lowest BCUT2D eigenvalue weighted by Gasteiger charge is -2.26. The van der Waals surface area contributed by atoms with E-state index in [1.165, 1.54) is 16.9 Å². The molecular formula is C36H33N3O3S2. The van der Waals surface area contributed by atoms with Gasteiger partial charge >= 0.3 is 5.97 Å². The van der Waals surface area contributed by atoms with Crippen LogP contribution in [0.4, 0.5) is 0 Å². The van der Waals surface area contributed by atoms with Gasteiger partial charge in [0, 0.05) is 27.5 Å². The lowest BCUT2D eigenvalue weighted by molar-refractivity contribution is -0.138. The SMILES string of the molecule is CCOC(=O)C1=C(c2ccccc2)N=c2s/c(=C\c3cc(C)n(-c4ccc(C)cc4)c3C)c(=O)n2[C@H]1c1ccc(SC)cc1. The van der Waals surface area contributed by atoms with Gasteiger partial charge in [0.2, 0.25) is 0 Å². The number of nitrogens with zero attached hydrogens (tertiary/aromatic N) is 3. The average Bonchev–Trinajstić information content (AvgIpc) is 3.50. The van der Waals surface area contributed by atoms with E-state index in [0.717, 1.165) is 38.7 Å². The molecule has 0 bridgehead atoms. The van der Waals surface area contributed by atoms with Crippen LogP contribution >= 0.6 is 23.1 Å². The Morgan fingerprint density at radius 2 is 1.70 bits per heavy atom. The maximum Gasteiger partial charge on any atom is 0.338 e. The molecule has 1 atom stereocenters. The minimum Gasteiger partial charge on any atom is -0.463 e. The molecule has 2 aromatic heterocycles. The van der Waals surface area contributed by atoms with E-state index in [9.17, 15) is 9.59 Å². The first-order valence-electron chi connectivity index (χ1n) is 14.5. The van der Waals surface area contributed by atoms with E-state index < -0.39 is 12.0 Å².